The Morgan fingerprint density at radius 2 is 1.38 bits per heavy atom. The molecule has 0 atom stereocenters. The molecule has 0 spiro atoms. The first-order valence-corrected chi connectivity index (χ1v) is 12.4. The van der Waals surface area contributed by atoms with E-state index < -0.39 is 0 Å². The van der Waals surface area contributed by atoms with Crippen molar-refractivity contribution in [3.8, 4) is 5.69 Å². The summed E-state index contributed by atoms with van der Waals surface area (Å²) in [5.74, 6) is -0.271. The summed E-state index contributed by atoms with van der Waals surface area (Å²) in [5.41, 5.74) is 2.55. The van der Waals surface area contributed by atoms with Crippen molar-refractivity contribution in [2.75, 3.05) is 39.3 Å². The third-order valence-corrected chi connectivity index (χ3v) is 6.78. The van der Waals surface area contributed by atoms with Crippen LogP contribution in [0.4, 0.5) is 0 Å². The van der Waals surface area contributed by atoms with Gasteiger partial charge in [-0.25, -0.2) is 14.8 Å². The fourth-order valence-corrected chi connectivity index (χ4v) is 5.13. The van der Waals surface area contributed by atoms with Gasteiger partial charge < -0.3 is 9.30 Å². The van der Waals surface area contributed by atoms with Crippen LogP contribution in [0.5, 0.6) is 0 Å². The van der Waals surface area contributed by atoms with Crippen molar-refractivity contribution < 1.29 is 9.53 Å². The number of carbonyl (C=O) groups excluding carboxylic acids is 1. The van der Waals surface area contributed by atoms with Gasteiger partial charge in [-0.3, -0.25) is 0 Å². The summed E-state index contributed by atoms with van der Waals surface area (Å²) in [4.78, 5) is 13.3. The average Bonchev–Trinajstić information content (AvgIpc) is 3.28. The van der Waals surface area contributed by atoms with E-state index in [1.54, 1.807) is 0 Å². The van der Waals surface area contributed by atoms with Crippen molar-refractivity contribution >= 4 is 29.3 Å². The topological polar surface area (TPSA) is 41.0 Å². The molecule has 2 aliphatic rings. The van der Waals surface area contributed by atoms with Gasteiger partial charge in [-0.05, 0) is 49.9 Å². The Hall–Kier alpha value is -2.38. The highest BCUT2D eigenvalue weighted by Crippen LogP contribution is 2.25. The number of hydrazine groups is 2. The van der Waals surface area contributed by atoms with E-state index in [4.69, 9.17) is 4.74 Å². The standard InChI is InChI=1S/C27H34N4O2.ClH/c32-27(26-22-23-12-6-7-15-25(23)31(26)24-13-4-1-5-14-24)33-21-20-30(28-16-8-2-9-17-28)29-18-10-3-11-19-29;/h1,4-7,12-15,22H,2-3,8-11,16-21H2;1H. The lowest BCUT2D eigenvalue weighted by molar-refractivity contribution is -0.201. The highest BCUT2D eigenvalue weighted by Gasteiger charge is 2.26. The minimum absolute atomic E-state index is 0. The number of aromatic nitrogens is 1. The zero-order valence-electron chi connectivity index (χ0n) is 19.8. The van der Waals surface area contributed by atoms with E-state index in [0.717, 1.165) is 42.8 Å². The first kappa shape index (κ1) is 24.7. The summed E-state index contributed by atoms with van der Waals surface area (Å²) >= 11 is 0. The Bertz CT molecular complexity index is 1040. The van der Waals surface area contributed by atoms with E-state index in [9.17, 15) is 4.79 Å². The molecule has 7 heteroatoms. The quantitative estimate of drug-likeness (QED) is 0.427. The van der Waals surface area contributed by atoms with Crippen LogP contribution in [0.15, 0.2) is 60.7 Å². The lowest BCUT2D eigenvalue weighted by Gasteiger charge is -2.45. The number of fused-ring (bicyclic) bond motifs is 1. The summed E-state index contributed by atoms with van der Waals surface area (Å²) in [5, 5.41) is 8.34. The maximum Gasteiger partial charge on any atom is 0.355 e. The molecule has 2 saturated heterocycles. The molecule has 2 fully saturated rings. The van der Waals surface area contributed by atoms with Gasteiger partial charge in [-0.2, -0.15) is 5.12 Å². The number of hydrogen-bond acceptors (Lipinski definition) is 5. The van der Waals surface area contributed by atoms with Gasteiger partial charge in [0, 0.05) is 37.3 Å². The molecule has 5 rings (SSSR count). The van der Waals surface area contributed by atoms with E-state index in [0.29, 0.717) is 18.8 Å². The van der Waals surface area contributed by atoms with Crippen molar-refractivity contribution in [3.63, 3.8) is 0 Å². The number of carbonyl (C=O) groups is 1. The second-order valence-corrected chi connectivity index (χ2v) is 9.02. The van der Waals surface area contributed by atoms with Crippen molar-refractivity contribution in [1.29, 1.82) is 0 Å². The van der Waals surface area contributed by atoms with E-state index in [-0.39, 0.29) is 18.4 Å². The van der Waals surface area contributed by atoms with Crippen LogP contribution in [0.2, 0.25) is 0 Å². The number of para-hydroxylation sites is 2. The maximum atomic E-state index is 13.3. The summed E-state index contributed by atoms with van der Waals surface area (Å²) in [6.07, 6.45) is 7.57. The van der Waals surface area contributed by atoms with Crippen LogP contribution in [0.1, 0.15) is 49.0 Å². The van der Waals surface area contributed by atoms with Gasteiger partial charge in [0.2, 0.25) is 0 Å². The second kappa shape index (κ2) is 11.8. The third-order valence-electron chi connectivity index (χ3n) is 6.78. The fourth-order valence-electron chi connectivity index (χ4n) is 5.13. The predicted molar refractivity (Wildman–Crippen MR) is 138 cm³/mol. The molecule has 0 aliphatic carbocycles. The van der Waals surface area contributed by atoms with Gasteiger partial charge in [-0.1, -0.05) is 49.2 Å². The summed E-state index contributed by atoms with van der Waals surface area (Å²) in [7, 11) is 0. The van der Waals surface area contributed by atoms with Gasteiger partial charge >= 0.3 is 5.97 Å². The SMILES string of the molecule is Cl.O=C(OCCN(N1CCCCC1)N1CCCCC1)c1cc2ccccc2n1-c1ccccc1. The highest BCUT2D eigenvalue weighted by atomic mass is 35.5. The minimum Gasteiger partial charge on any atom is -0.460 e. The van der Waals surface area contributed by atoms with Crippen LogP contribution in [-0.2, 0) is 4.74 Å². The van der Waals surface area contributed by atoms with Gasteiger partial charge in [0.15, 0.2) is 0 Å². The molecule has 2 aliphatic heterocycles. The van der Waals surface area contributed by atoms with E-state index in [1.165, 1.54) is 38.5 Å². The Balaban J connectivity index is 0.00000274. The Morgan fingerprint density at radius 3 is 2.03 bits per heavy atom. The molecule has 0 bridgehead atoms. The third kappa shape index (κ3) is 5.47. The lowest BCUT2D eigenvalue weighted by atomic mass is 10.1. The van der Waals surface area contributed by atoms with Crippen LogP contribution in [0.3, 0.4) is 0 Å². The van der Waals surface area contributed by atoms with Gasteiger partial charge in [-0.15, -0.1) is 12.4 Å². The van der Waals surface area contributed by atoms with Crippen LogP contribution < -0.4 is 0 Å². The lowest BCUT2D eigenvalue weighted by Crippen LogP contribution is -2.57. The van der Waals surface area contributed by atoms with Gasteiger partial charge in [0.25, 0.3) is 0 Å². The monoisotopic (exact) mass is 482 g/mol. The van der Waals surface area contributed by atoms with E-state index >= 15 is 0 Å². The Labute approximate surface area is 208 Å². The smallest absolute Gasteiger partial charge is 0.355 e. The highest BCUT2D eigenvalue weighted by molar-refractivity contribution is 5.97. The van der Waals surface area contributed by atoms with Crippen LogP contribution >= 0.6 is 12.4 Å². The van der Waals surface area contributed by atoms with Crippen molar-refractivity contribution in [2.24, 2.45) is 0 Å². The van der Waals surface area contributed by atoms with E-state index in [2.05, 4.69) is 15.1 Å². The molecule has 3 heterocycles. The molecule has 3 aromatic rings. The molecular formula is C27H35ClN4O2. The average molecular weight is 483 g/mol. The molecule has 6 nitrogen and oxygen atoms in total. The molecule has 0 amide bonds. The summed E-state index contributed by atoms with van der Waals surface area (Å²) < 4.78 is 7.88. The number of rotatable bonds is 7. The molecule has 1 aromatic heterocycles. The second-order valence-electron chi connectivity index (χ2n) is 9.02. The van der Waals surface area contributed by atoms with Gasteiger partial charge in [0.05, 0.1) is 12.1 Å². The number of piperidine rings is 2. The number of halogens is 1. The molecule has 0 radical (unpaired) electrons. The first-order chi connectivity index (χ1) is 16.3. The maximum absolute atomic E-state index is 13.3. The largest absolute Gasteiger partial charge is 0.460 e. The number of benzene rings is 2. The Kier molecular flexibility index (Phi) is 8.62. The molecule has 0 saturated carbocycles. The number of hydrogen-bond donors (Lipinski definition) is 0. The number of esters is 1. The van der Waals surface area contributed by atoms with Gasteiger partial charge in [0.1, 0.15) is 12.3 Å². The van der Waals surface area contributed by atoms with Crippen molar-refractivity contribution in [3.05, 3.63) is 66.4 Å². The Morgan fingerprint density at radius 1 is 0.794 bits per heavy atom. The predicted octanol–water partition coefficient (Wildman–Crippen LogP) is 5.31. The molecule has 182 valence electrons. The minimum atomic E-state index is -0.271. The summed E-state index contributed by atoms with van der Waals surface area (Å²) in [6, 6.07) is 20.1. The van der Waals surface area contributed by atoms with E-state index in [1.807, 2.05) is 65.2 Å². The number of nitrogens with zero attached hydrogens (tertiary/aromatic N) is 4. The molecular weight excluding hydrogens is 448 g/mol. The zero-order chi connectivity index (χ0) is 22.5. The first-order valence-electron chi connectivity index (χ1n) is 12.4. The summed E-state index contributed by atoms with van der Waals surface area (Å²) in [6.45, 7) is 5.44. The van der Waals surface area contributed by atoms with Crippen LogP contribution in [-0.4, -0.2) is 65.0 Å². The van der Waals surface area contributed by atoms with Crippen molar-refractivity contribution in [2.45, 2.75) is 38.5 Å². The molecule has 2 aromatic carbocycles. The zero-order valence-corrected chi connectivity index (χ0v) is 20.6. The van der Waals surface area contributed by atoms with Crippen LogP contribution in [0, 0.1) is 0 Å². The fraction of sp³-hybridized carbons (Fsp3) is 0.444. The number of ether oxygens (including phenoxy) is 1. The van der Waals surface area contributed by atoms with Crippen molar-refractivity contribution in [1.82, 2.24) is 19.7 Å². The molecule has 0 unspecified atom stereocenters. The molecule has 0 N–H and O–H groups in total. The van der Waals surface area contributed by atoms with Crippen LogP contribution in [0.25, 0.3) is 16.6 Å². The molecule has 34 heavy (non-hydrogen) atoms. The normalized spacial score (nSPS) is 17.6.